The third-order valence-electron chi connectivity index (χ3n) is 5.03. The molecule has 2 rings (SSSR count). The minimum absolute atomic E-state index is 0.299. The van der Waals surface area contributed by atoms with Gasteiger partial charge in [-0.1, -0.05) is 6.92 Å². The van der Waals surface area contributed by atoms with Gasteiger partial charge in [0.15, 0.2) is 0 Å². The lowest BCUT2D eigenvalue weighted by Crippen LogP contribution is -2.43. The standard InChI is InChI=1S/C17H29N3OS/c1-5-19(4)13-7-9-14(10-8-13)20(6-2)17-15(16(18)21)12(3)11-22-17/h11,13-14H,5-10H2,1-4H3,(H2,18,21). The van der Waals surface area contributed by atoms with E-state index in [2.05, 4.69) is 36.1 Å². The molecule has 1 aliphatic carbocycles. The number of carbonyl (C=O) groups excluding carboxylic acids is 1. The number of primary amides is 1. The van der Waals surface area contributed by atoms with Crippen molar-refractivity contribution < 1.29 is 4.79 Å². The number of hydrogen-bond donors (Lipinski definition) is 1. The molecule has 22 heavy (non-hydrogen) atoms. The van der Waals surface area contributed by atoms with Gasteiger partial charge in [0.05, 0.1) is 5.56 Å². The van der Waals surface area contributed by atoms with Crippen LogP contribution in [0.2, 0.25) is 0 Å². The summed E-state index contributed by atoms with van der Waals surface area (Å²) in [5, 5.41) is 3.12. The molecule has 2 N–H and O–H groups in total. The maximum atomic E-state index is 11.8. The van der Waals surface area contributed by atoms with Gasteiger partial charge >= 0.3 is 0 Å². The van der Waals surface area contributed by atoms with E-state index in [1.807, 2.05) is 6.92 Å². The van der Waals surface area contributed by atoms with Crippen LogP contribution in [0.25, 0.3) is 0 Å². The lowest BCUT2D eigenvalue weighted by atomic mass is 9.89. The highest BCUT2D eigenvalue weighted by Crippen LogP contribution is 2.36. The summed E-state index contributed by atoms with van der Waals surface area (Å²) in [6, 6.07) is 1.24. The van der Waals surface area contributed by atoms with Crippen molar-refractivity contribution in [2.45, 2.75) is 58.5 Å². The van der Waals surface area contributed by atoms with Gasteiger partial charge in [-0.15, -0.1) is 11.3 Å². The summed E-state index contributed by atoms with van der Waals surface area (Å²) < 4.78 is 0. The monoisotopic (exact) mass is 323 g/mol. The summed E-state index contributed by atoms with van der Waals surface area (Å²) in [7, 11) is 2.22. The Kier molecular flexibility index (Phi) is 5.87. The molecule has 0 aromatic carbocycles. The van der Waals surface area contributed by atoms with Crippen LogP contribution in [-0.4, -0.2) is 43.0 Å². The molecule has 1 aliphatic rings. The van der Waals surface area contributed by atoms with Gasteiger partial charge in [-0.05, 0) is 64.1 Å². The Morgan fingerprint density at radius 2 is 1.82 bits per heavy atom. The summed E-state index contributed by atoms with van der Waals surface area (Å²) in [4.78, 5) is 16.6. The van der Waals surface area contributed by atoms with Gasteiger partial charge in [-0.3, -0.25) is 4.79 Å². The number of amides is 1. The molecule has 1 aromatic heterocycles. The van der Waals surface area contributed by atoms with Crippen molar-refractivity contribution in [2.24, 2.45) is 5.73 Å². The summed E-state index contributed by atoms with van der Waals surface area (Å²) in [5.41, 5.74) is 7.32. The largest absolute Gasteiger partial charge is 0.365 e. The van der Waals surface area contributed by atoms with Gasteiger partial charge in [-0.2, -0.15) is 0 Å². The minimum atomic E-state index is -0.299. The van der Waals surface area contributed by atoms with Crippen molar-refractivity contribution in [1.29, 1.82) is 0 Å². The van der Waals surface area contributed by atoms with Gasteiger partial charge in [0.2, 0.25) is 0 Å². The molecule has 0 atom stereocenters. The maximum Gasteiger partial charge on any atom is 0.251 e. The Balaban J connectivity index is 2.12. The topological polar surface area (TPSA) is 49.6 Å². The molecule has 1 heterocycles. The van der Waals surface area contributed by atoms with E-state index in [1.54, 1.807) is 11.3 Å². The van der Waals surface area contributed by atoms with E-state index < -0.39 is 0 Å². The highest BCUT2D eigenvalue weighted by Gasteiger charge is 2.29. The zero-order chi connectivity index (χ0) is 16.3. The number of nitrogens with two attached hydrogens (primary N) is 1. The number of nitrogens with zero attached hydrogens (tertiary/aromatic N) is 2. The van der Waals surface area contributed by atoms with Crippen molar-refractivity contribution in [2.75, 3.05) is 25.0 Å². The van der Waals surface area contributed by atoms with Crippen LogP contribution in [0.5, 0.6) is 0 Å². The van der Waals surface area contributed by atoms with Crippen molar-refractivity contribution >= 4 is 22.2 Å². The molecule has 1 amide bonds. The van der Waals surface area contributed by atoms with E-state index in [-0.39, 0.29) is 5.91 Å². The summed E-state index contributed by atoms with van der Waals surface area (Å²) in [6.07, 6.45) is 4.86. The van der Waals surface area contributed by atoms with Gasteiger partial charge in [-0.25, -0.2) is 0 Å². The Morgan fingerprint density at radius 3 is 2.32 bits per heavy atom. The minimum Gasteiger partial charge on any atom is -0.365 e. The van der Waals surface area contributed by atoms with Gasteiger partial charge in [0.25, 0.3) is 5.91 Å². The van der Waals surface area contributed by atoms with Crippen LogP contribution < -0.4 is 10.6 Å². The zero-order valence-electron chi connectivity index (χ0n) is 14.3. The lowest BCUT2D eigenvalue weighted by Gasteiger charge is -2.40. The van der Waals surface area contributed by atoms with Crippen molar-refractivity contribution in [3.05, 3.63) is 16.5 Å². The number of thiophene rings is 1. The Bertz CT molecular complexity index is 506. The second-order valence-corrected chi connectivity index (χ2v) is 7.14. The molecule has 0 aliphatic heterocycles. The predicted molar refractivity (Wildman–Crippen MR) is 94.9 cm³/mol. The fraction of sp³-hybridized carbons (Fsp3) is 0.706. The lowest BCUT2D eigenvalue weighted by molar-refractivity contribution is 0.100. The first-order chi connectivity index (χ1) is 10.5. The molecule has 1 fully saturated rings. The maximum absolute atomic E-state index is 11.8. The fourth-order valence-corrected chi connectivity index (χ4v) is 4.78. The molecular formula is C17H29N3OS. The van der Waals surface area contributed by atoms with Crippen LogP contribution in [0, 0.1) is 6.92 Å². The number of carbonyl (C=O) groups is 1. The Hall–Kier alpha value is -1.07. The number of anilines is 1. The summed E-state index contributed by atoms with van der Waals surface area (Å²) in [5.74, 6) is -0.299. The van der Waals surface area contributed by atoms with Gasteiger partial charge in [0, 0.05) is 18.6 Å². The van der Waals surface area contributed by atoms with E-state index in [0.29, 0.717) is 12.1 Å². The van der Waals surface area contributed by atoms with Crippen LogP contribution in [0.15, 0.2) is 5.38 Å². The van der Waals surface area contributed by atoms with Crippen LogP contribution in [-0.2, 0) is 0 Å². The smallest absolute Gasteiger partial charge is 0.251 e. The summed E-state index contributed by atoms with van der Waals surface area (Å²) in [6.45, 7) is 8.41. The second-order valence-electron chi connectivity index (χ2n) is 6.28. The van der Waals surface area contributed by atoms with E-state index in [4.69, 9.17) is 5.73 Å². The van der Waals surface area contributed by atoms with E-state index >= 15 is 0 Å². The molecule has 124 valence electrons. The molecule has 4 nitrogen and oxygen atoms in total. The van der Waals surface area contributed by atoms with Gasteiger partial charge in [0.1, 0.15) is 5.00 Å². The first-order valence-corrected chi connectivity index (χ1v) is 9.22. The average molecular weight is 324 g/mol. The molecule has 5 heteroatoms. The SMILES string of the molecule is CCN(C)C1CCC(N(CC)c2scc(C)c2C(N)=O)CC1. The fourth-order valence-electron chi connectivity index (χ4n) is 3.58. The Morgan fingerprint density at radius 1 is 1.23 bits per heavy atom. The van der Waals surface area contributed by atoms with Crippen LogP contribution in [0.1, 0.15) is 55.5 Å². The number of aryl methyl sites for hydroxylation is 1. The third-order valence-corrected chi connectivity index (χ3v) is 6.17. The van der Waals surface area contributed by atoms with Crippen molar-refractivity contribution in [3.63, 3.8) is 0 Å². The second kappa shape index (κ2) is 7.47. The number of rotatable bonds is 6. The molecular weight excluding hydrogens is 294 g/mol. The normalized spacial score (nSPS) is 22.0. The van der Waals surface area contributed by atoms with E-state index in [0.717, 1.165) is 29.2 Å². The highest BCUT2D eigenvalue weighted by atomic mass is 32.1. The van der Waals surface area contributed by atoms with Crippen molar-refractivity contribution in [3.8, 4) is 0 Å². The Labute approximate surface area is 138 Å². The predicted octanol–water partition coefficient (Wildman–Crippen LogP) is 3.24. The quantitative estimate of drug-likeness (QED) is 0.874. The zero-order valence-corrected chi connectivity index (χ0v) is 15.1. The average Bonchev–Trinajstić information content (AvgIpc) is 2.89. The van der Waals surface area contributed by atoms with Crippen LogP contribution in [0.4, 0.5) is 5.00 Å². The van der Waals surface area contributed by atoms with Crippen LogP contribution in [0.3, 0.4) is 0 Å². The molecule has 1 aromatic rings. The first-order valence-electron chi connectivity index (χ1n) is 8.34. The third kappa shape index (κ3) is 3.46. The molecule has 0 bridgehead atoms. The van der Waals surface area contributed by atoms with E-state index in [9.17, 15) is 4.79 Å². The summed E-state index contributed by atoms with van der Waals surface area (Å²) >= 11 is 1.66. The van der Waals surface area contributed by atoms with Crippen LogP contribution >= 0.6 is 11.3 Å². The highest BCUT2D eigenvalue weighted by molar-refractivity contribution is 7.14. The molecule has 0 spiro atoms. The van der Waals surface area contributed by atoms with Gasteiger partial charge < -0.3 is 15.5 Å². The van der Waals surface area contributed by atoms with E-state index in [1.165, 1.54) is 25.7 Å². The molecule has 1 saturated carbocycles. The molecule has 0 unspecified atom stereocenters. The van der Waals surface area contributed by atoms with Crippen molar-refractivity contribution in [1.82, 2.24) is 4.90 Å². The molecule has 0 radical (unpaired) electrons. The number of hydrogen-bond acceptors (Lipinski definition) is 4. The first kappa shape index (κ1) is 17.3. The molecule has 0 saturated heterocycles.